The molecule has 0 bridgehead atoms. The van der Waals surface area contributed by atoms with Gasteiger partial charge in [0.25, 0.3) is 0 Å². The molecule has 1 saturated carbocycles. The highest BCUT2D eigenvalue weighted by Crippen LogP contribution is 2.58. The number of amides is 2. The Balaban J connectivity index is 0.984. The van der Waals surface area contributed by atoms with Crippen molar-refractivity contribution in [1.82, 2.24) is 35.5 Å². The standard InChI is InChI=1S/C39H43N7O3/c1-23(2)34(45-38(48)49-3)37(47)46-22-39(14-15-39)19-33(46)36-42-20-31(44-36)25-8-6-24(7-9-25)26-10-11-28-18-29(13-12-27(28)17-26)32-21-41-35(43-32)30-5-4-16-40-30/h6-13,17-18,20-21,23,30,33-34,40H,4-5,14-16,19,22H2,1-3H3,(H,41,43)(H,42,44)(H,45,48). The van der Waals surface area contributed by atoms with Crippen LogP contribution < -0.4 is 10.6 Å². The molecule has 2 saturated heterocycles. The van der Waals surface area contributed by atoms with Crippen LogP contribution in [0.1, 0.15) is 69.7 Å². The number of fused-ring (bicyclic) bond motifs is 1. The number of nitrogens with zero attached hydrogens (tertiary/aromatic N) is 3. The molecule has 3 aliphatic rings. The van der Waals surface area contributed by atoms with Crippen LogP contribution in [0.4, 0.5) is 4.79 Å². The number of rotatable bonds is 8. The number of H-pyrrole nitrogens is 2. The van der Waals surface area contributed by atoms with E-state index >= 15 is 0 Å². The fraction of sp³-hybridized carbons (Fsp3) is 0.385. The third-order valence-electron chi connectivity index (χ3n) is 10.7. The summed E-state index contributed by atoms with van der Waals surface area (Å²) in [5.74, 6) is 1.63. The molecule has 10 nitrogen and oxygen atoms in total. The number of carbonyl (C=O) groups excluding carboxylic acids is 2. The van der Waals surface area contributed by atoms with Crippen molar-refractivity contribution in [1.29, 1.82) is 0 Å². The molecule has 1 aliphatic carbocycles. The molecule has 1 spiro atoms. The molecule has 3 atom stereocenters. The van der Waals surface area contributed by atoms with Crippen molar-refractivity contribution < 1.29 is 14.3 Å². The Morgan fingerprint density at radius 2 is 1.51 bits per heavy atom. The predicted molar refractivity (Wildman–Crippen MR) is 189 cm³/mol. The maximum Gasteiger partial charge on any atom is 0.407 e. The molecule has 0 radical (unpaired) electrons. The normalized spacial score (nSPS) is 20.3. The van der Waals surface area contributed by atoms with Crippen molar-refractivity contribution in [3.05, 3.63) is 84.7 Å². The van der Waals surface area contributed by atoms with E-state index in [-0.39, 0.29) is 23.3 Å². The number of hydrogen-bond acceptors (Lipinski definition) is 6. The number of ether oxygens (including phenoxy) is 1. The van der Waals surface area contributed by atoms with E-state index in [1.165, 1.54) is 24.3 Å². The highest BCUT2D eigenvalue weighted by atomic mass is 16.5. The summed E-state index contributed by atoms with van der Waals surface area (Å²) >= 11 is 0. The van der Waals surface area contributed by atoms with Gasteiger partial charge in [0.2, 0.25) is 5.91 Å². The Morgan fingerprint density at radius 3 is 2.18 bits per heavy atom. The smallest absolute Gasteiger partial charge is 0.407 e. The highest BCUT2D eigenvalue weighted by Gasteiger charge is 2.55. The molecule has 3 unspecified atom stereocenters. The van der Waals surface area contributed by atoms with Crippen molar-refractivity contribution in [2.24, 2.45) is 11.3 Å². The predicted octanol–water partition coefficient (Wildman–Crippen LogP) is 7.15. The third-order valence-corrected chi connectivity index (χ3v) is 10.7. The Kier molecular flexibility index (Phi) is 7.98. The minimum atomic E-state index is -0.661. The number of methoxy groups -OCH3 is 1. The molecule has 10 heteroatoms. The second-order valence-electron chi connectivity index (χ2n) is 14.4. The largest absolute Gasteiger partial charge is 0.453 e. The molecule has 2 amide bonds. The van der Waals surface area contributed by atoms with Gasteiger partial charge in [0.15, 0.2) is 0 Å². The molecule has 3 fully saturated rings. The van der Waals surface area contributed by atoms with Crippen LogP contribution in [-0.4, -0.2) is 63.1 Å². The fourth-order valence-electron chi connectivity index (χ4n) is 7.62. The SMILES string of the molecule is COC(=O)NC(C(=O)N1CC2(CC2)CC1c1ncc(-c2ccc(-c3ccc4cc(-c5cnc(C6CCCN6)[nH]5)ccc4c3)cc2)[nH]1)C(C)C. The van der Waals surface area contributed by atoms with E-state index in [2.05, 4.69) is 86.2 Å². The molecular weight excluding hydrogens is 614 g/mol. The second-order valence-corrected chi connectivity index (χ2v) is 14.4. The van der Waals surface area contributed by atoms with E-state index < -0.39 is 12.1 Å². The van der Waals surface area contributed by atoms with Crippen LogP contribution >= 0.6 is 0 Å². The Bertz CT molecular complexity index is 2000. The molecule has 5 aromatic rings. The number of alkyl carbamates (subject to hydrolysis) is 1. The zero-order valence-electron chi connectivity index (χ0n) is 28.3. The first-order chi connectivity index (χ1) is 23.8. The number of nitrogens with one attached hydrogen (secondary N) is 4. The molecule has 4 heterocycles. The van der Waals surface area contributed by atoms with Crippen LogP contribution in [0.5, 0.6) is 0 Å². The minimum absolute atomic E-state index is 0.0804. The highest BCUT2D eigenvalue weighted by molar-refractivity contribution is 5.90. The van der Waals surface area contributed by atoms with E-state index in [0.717, 1.165) is 77.5 Å². The number of imidazole rings is 2. The summed E-state index contributed by atoms with van der Waals surface area (Å²) in [5.41, 5.74) is 6.57. The van der Waals surface area contributed by atoms with Crippen LogP contribution in [0.15, 0.2) is 73.1 Å². The van der Waals surface area contributed by atoms with Crippen LogP contribution in [0.25, 0.3) is 44.4 Å². The summed E-state index contributed by atoms with van der Waals surface area (Å²) in [4.78, 5) is 44.2. The van der Waals surface area contributed by atoms with Crippen LogP contribution in [0.3, 0.4) is 0 Å². The van der Waals surface area contributed by atoms with Crippen molar-refractivity contribution >= 4 is 22.8 Å². The van der Waals surface area contributed by atoms with Gasteiger partial charge in [0, 0.05) is 12.1 Å². The zero-order chi connectivity index (χ0) is 33.7. The fourth-order valence-corrected chi connectivity index (χ4v) is 7.62. The maximum atomic E-state index is 13.8. The number of hydrogen-bond donors (Lipinski definition) is 4. The van der Waals surface area contributed by atoms with Gasteiger partial charge in [-0.15, -0.1) is 0 Å². The van der Waals surface area contributed by atoms with Gasteiger partial charge in [0.05, 0.1) is 43.0 Å². The molecule has 4 N–H and O–H groups in total. The molecular formula is C39H43N7O3. The Hall–Kier alpha value is -4.96. The first-order valence-corrected chi connectivity index (χ1v) is 17.4. The van der Waals surface area contributed by atoms with Crippen molar-refractivity contribution in [3.63, 3.8) is 0 Å². The van der Waals surface area contributed by atoms with Gasteiger partial charge >= 0.3 is 6.09 Å². The molecule has 2 aromatic heterocycles. The lowest BCUT2D eigenvalue weighted by Crippen LogP contribution is -2.51. The number of aromatic nitrogens is 4. The van der Waals surface area contributed by atoms with Crippen molar-refractivity contribution in [2.45, 2.75) is 64.1 Å². The first kappa shape index (κ1) is 31.3. The average molecular weight is 658 g/mol. The lowest BCUT2D eigenvalue weighted by atomic mass is 9.98. The van der Waals surface area contributed by atoms with Crippen LogP contribution in [0, 0.1) is 11.3 Å². The van der Waals surface area contributed by atoms with Gasteiger partial charge < -0.3 is 30.2 Å². The summed E-state index contributed by atoms with van der Waals surface area (Å²) in [6.45, 7) is 5.60. The minimum Gasteiger partial charge on any atom is -0.453 e. The summed E-state index contributed by atoms with van der Waals surface area (Å²) < 4.78 is 4.81. The molecule has 49 heavy (non-hydrogen) atoms. The number of likely N-dealkylation sites (tertiary alicyclic amines) is 1. The molecule has 3 aromatic carbocycles. The van der Waals surface area contributed by atoms with E-state index in [9.17, 15) is 9.59 Å². The van der Waals surface area contributed by atoms with Gasteiger partial charge in [-0.25, -0.2) is 14.8 Å². The van der Waals surface area contributed by atoms with E-state index in [4.69, 9.17) is 9.72 Å². The quantitative estimate of drug-likeness (QED) is 0.140. The number of carbonyl (C=O) groups is 2. The lowest BCUT2D eigenvalue weighted by molar-refractivity contribution is -0.135. The van der Waals surface area contributed by atoms with Gasteiger partial charge in [-0.1, -0.05) is 62.4 Å². The number of aromatic amines is 2. The summed E-state index contributed by atoms with van der Waals surface area (Å²) in [5, 5.41) is 8.64. The topological polar surface area (TPSA) is 128 Å². The van der Waals surface area contributed by atoms with Crippen LogP contribution in [-0.2, 0) is 9.53 Å². The second kappa shape index (κ2) is 12.5. The maximum absolute atomic E-state index is 13.8. The van der Waals surface area contributed by atoms with Gasteiger partial charge in [-0.05, 0) is 89.6 Å². The van der Waals surface area contributed by atoms with Crippen LogP contribution in [0.2, 0.25) is 0 Å². The monoisotopic (exact) mass is 657 g/mol. The lowest BCUT2D eigenvalue weighted by Gasteiger charge is -2.30. The number of benzene rings is 3. The third kappa shape index (κ3) is 6.10. The summed E-state index contributed by atoms with van der Waals surface area (Å²) in [6.07, 6.45) is 8.61. The van der Waals surface area contributed by atoms with Crippen molar-refractivity contribution in [2.75, 3.05) is 20.2 Å². The Morgan fingerprint density at radius 1 is 0.878 bits per heavy atom. The van der Waals surface area contributed by atoms with E-state index in [1.807, 2.05) is 31.1 Å². The van der Waals surface area contributed by atoms with Crippen molar-refractivity contribution in [3.8, 4) is 33.6 Å². The zero-order valence-corrected chi connectivity index (χ0v) is 28.3. The van der Waals surface area contributed by atoms with Gasteiger partial charge in [-0.2, -0.15) is 0 Å². The summed E-state index contributed by atoms with van der Waals surface area (Å²) in [7, 11) is 1.32. The van der Waals surface area contributed by atoms with Gasteiger partial charge in [0.1, 0.15) is 17.7 Å². The van der Waals surface area contributed by atoms with E-state index in [1.54, 1.807) is 0 Å². The first-order valence-electron chi connectivity index (χ1n) is 17.4. The average Bonchev–Trinajstić information content (AvgIpc) is 3.69. The molecule has 252 valence electrons. The molecule has 2 aliphatic heterocycles. The van der Waals surface area contributed by atoms with E-state index in [0.29, 0.717) is 12.6 Å². The molecule has 8 rings (SSSR count). The summed E-state index contributed by atoms with van der Waals surface area (Å²) in [6, 6.07) is 21.2. The Labute approximate surface area is 286 Å². The van der Waals surface area contributed by atoms with Gasteiger partial charge in [-0.3, -0.25) is 4.79 Å².